The van der Waals surface area contributed by atoms with Crippen LogP contribution < -0.4 is 18.9 Å². The number of carbonyl (C=O) groups is 1. The highest BCUT2D eigenvalue weighted by Gasteiger charge is 2.27. The Labute approximate surface area is 194 Å². The Balaban J connectivity index is 1.63. The lowest BCUT2D eigenvalue weighted by molar-refractivity contribution is 0.112. The normalized spacial score (nSPS) is 15.5. The highest BCUT2D eigenvalue weighted by molar-refractivity contribution is 5.74. The molecule has 0 spiro atoms. The Morgan fingerprint density at radius 2 is 1.58 bits per heavy atom. The molecule has 0 amide bonds. The molecule has 4 rings (SSSR count). The van der Waals surface area contributed by atoms with Crippen molar-refractivity contribution >= 4 is 6.29 Å². The third kappa shape index (κ3) is 4.81. The van der Waals surface area contributed by atoms with E-state index in [1.54, 1.807) is 45.6 Å². The number of hydrogen-bond donors (Lipinski definition) is 0. The van der Waals surface area contributed by atoms with E-state index in [-0.39, 0.29) is 6.04 Å². The lowest BCUT2D eigenvalue weighted by Crippen LogP contribution is -2.33. The molecule has 6 heteroatoms. The summed E-state index contributed by atoms with van der Waals surface area (Å²) < 4.78 is 22.7. The van der Waals surface area contributed by atoms with Crippen LogP contribution in [0.3, 0.4) is 0 Å². The van der Waals surface area contributed by atoms with Crippen molar-refractivity contribution in [2.75, 3.05) is 34.9 Å². The fourth-order valence-corrected chi connectivity index (χ4v) is 4.31. The molecule has 3 aromatic rings. The summed E-state index contributed by atoms with van der Waals surface area (Å²) in [7, 11) is 7.12. The quantitative estimate of drug-likeness (QED) is 0.449. The van der Waals surface area contributed by atoms with Gasteiger partial charge >= 0.3 is 0 Å². The Morgan fingerprint density at radius 1 is 0.879 bits per heavy atom. The molecule has 1 unspecified atom stereocenters. The predicted octanol–water partition coefficient (Wildman–Crippen LogP) is 5.09. The Morgan fingerprint density at radius 3 is 2.24 bits per heavy atom. The molecule has 1 heterocycles. The molecule has 6 nitrogen and oxygen atoms in total. The fraction of sp³-hybridized carbons (Fsp3) is 0.296. The monoisotopic (exact) mass is 447 g/mol. The Bertz CT molecular complexity index is 1130. The minimum atomic E-state index is 0.196. The number of methoxy groups -OCH3 is 3. The van der Waals surface area contributed by atoms with Crippen LogP contribution in [0.1, 0.15) is 33.1 Å². The van der Waals surface area contributed by atoms with Crippen molar-refractivity contribution in [3.63, 3.8) is 0 Å². The highest BCUT2D eigenvalue weighted by Crippen LogP contribution is 2.40. The molecule has 3 aromatic carbocycles. The number of fused-ring (bicyclic) bond motifs is 1. The molecular formula is C27H29NO5. The Hall–Kier alpha value is -3.51. The van der Waals surface area contributed by atoms with Crippen molar-refractivity contribution < 1.29 is 23.7 Å². The van der Waals surface area contributed by atoms with Crippen LogP contribution in [0.15, 0.2) is 54.6 Å². The minimum absolute atomic E-state index is 0.196. The second kappa shape index (κ2) is 9.96. The summed E-state index contributed by atoms with van der Waals surface area (Å²) in [6.45, 7) is 0.968. The van der Waals surface area contributed by atoms with Crippen molar-refractivity contribution in [3.8, 4) is 28.7 Å². The zero-order chi connectivity index (χ0) is 23.4. The van der Waals surface area contributed by atoms with Crippen LogP contribution in [0.4, 0.5) is 0 Å². The zero-order valence-corrected chi connectivity index (χ0v) is 19.5. The van der Waals surface area contributed by atoms with Crippen molar-refractivity contribution in [1.82, 2.24) is 4.90 Å². The van der Waals surface area contributed by atoms with E-state index in [4.69, 9.17) is 18.9 Å². The van der Waals surface area contributed by atoms with Crippen LogP contribution in [0, 0.1) is 0 Å². The van der Waals surface area contributed by atoms with E-state index in [2.05, 4.69) is 30.1 Å². The van der Waals surface area contributed by atoms with Gasteiger partial charge in [-0.25, -0.2) is 0 Å². The summed E-state index contributed by atoms with van der Waals surface area (Å²) in [5, 5.41) is 0. The Kier molecular flexibility index (Phi) is 6.84. The number of nitrogens with zero attached hydrogens (tertiary/aromatic N) is 1. The van der Waals surface area contributed by atoms with Gasteiger partial charge in [0.05, 0.1) is 21.3 Å². The van der Waals surface area contributed by atoms with Crippen molar-refractivity contribution in [3.05, 3.63) is 76.9 Å². The maximum atomic E-state index is 10.9. The average Bonchev–Trinajstić information content (AvgIpc) is 2.85. The van der Waals surface area contributed by atoms with Crippen molar-refractivity contribution in [1.29, 1.82) is 0 Å². The smallest absolute Gasteiger partial charge is 0.169 e. The summed E-state index contributed by atoms with van der Waals surface area (Å²) in [6.07, 6.45) is 2.59. The van der Waals surface area contributed by atoms with Gasteiger partial charge in [0.2, 0.25) is 0 Å². The van der Waals surface area contributed by atoms with Crippen LogP contribution in [0.25, 0.3) is 0 Å². The standard InChI is InChI=1S/C27H29NO5/c1-28-12-11-20-15-25(31-3)26(32-4)16-22(20)23(28)13-19-7-10-24(30-2)27(14-19)33-21-8-5-18(17-29)6-9-21/h5-10,14-17,23H,11-13H2,1-4H3. The van der Waals surface area contributed by atoms with Gasteiger partial charge in [-0.15, -0.1) is 0 Å². The van der Waals surface area contributed by atoms with E-state index in [0.29, 0.717) is 22.8 Å². The maximum absolute atomic E-state index is 10.9. The van der Waals surface area contributed by atoms with Gasteiger partial charge in [0.15, 0.2) is 23.0 Å². The number of benzene rings is 3. The van der Waals surface area contributed by atoms with Gasteiger partial charge in [0.1, 0.15) is 12.0 Å². The minimum Gasteiger partial charge on any atom is -0.493 e. The summed E-state index contributed by atoms with van der Waals surface area (Å²) in [5.41, 5.74) is 4.28. The number of hydrogen-bond acceptors (Lipinski definition) is 6. The molecular weight excluding hydrogens is 418 g/mol. The maximum Gasteiger partial charge on any atom is 0.169 e. The van der Waals surface area contributed by atoms with Crippen LogP contribution in [0.5, 0.6) is 28.7 Å². The molecule has 1 aliphatic rings. The van der Waals surface area contributed by atoms with Crippen LogP contribution in [0.2, 0.25) is 0 Å². The van der Waals surface area contributed by atoms with Gasteiger partial charge in [-0.1, -0.05) is 6.07 Å². The molecule has 0 N–H and O–H groups in total. The average molecular weight is 448 g/mol. The van der Waals surface area contributed by atoms with E-state index in [0.717, 1.165) is 42.7 Å². The third-order valence-electron chi connectivity index (χ3n) is 6.17. The summed E-state index contributed by atoms with van der Waals surface area (Å²) in [5.74, 6) is 3.45. The number of carbonyl (C=O) groups excluding carboxylic acids is 1. The first-order valence-electron chi connectivity index (χ1n) is 10.9. The van der Waals surface area contributed by atoms with Crippen LogP contribution in [-0.4, -0.2) is 46.1 Å². The van der Waals surface area contributed by atoms with Crippen molar-refractivity contribution in [2.45, 2.75) is 18.9 Å². The van der Waals surface area contributed by atoms with E-state index in [1.165, 1.54) is 11.1 Å². The molecule has 0 saturated heterocycles. The SMILES string of the molecule is COc1cc2c(cc1OC)C(Cc1ccc(OC)c(Oc3ccc(C=O)cc3)c1)N(C)CC2. The topological polar surface area (TPSA) is 57.2 Å². The molecule has 0 aliphatic carbocycles. The van der Waals surface area contributed by atoms with E-state index < -0.39 is 0 Å². The van der Waals surface area contributed by atoms with E-state index in [1.807, 2.05) is 12.1 Å². The van der Waals surface area contributed by atoms with Gasteiger partial charge < -0.3 is 18.9 Å². The van der Waals surface area contributed by atoms with Crippen molar-refractivity contribution in [2.24, 2.45) is 0 Å². The van der Waals surface area contributed by atoms with E-state index >= 15 is 0 Å². The predicted molar refractivity (Wildman–Crippen MR) is 127 cm³/mol. The molecule has 0 saturated carbocycles. The molecule has 0 radical (unpaired) electrons. The molecule has 33 heavy (non-hydrogen) atoms. The van der Waals surface area contributed by atoms with Crippen LogP contribution in [-0.2, 0) is 12.8 Å². The molecule has 0 fully saturated rings. The third-order valence-corrected chi connectivity index (χ3v) is 6.17. The summed E-state index contributed by atoms with van der Waals surface area (Å²) >= 11 is 0. The first-order chi connectivity index (χ1) is 16.1. The summed E-state index contributed by atoms with van der Waals surface area (Å²) in [6, 6.07) is 17.4. The second-order valence-corrected chi connectivity index (χ2v) is 8.13. The van der Waals surface area contributed by atoms with Gasteiger partial charge in [0.25, 0.3) is 0 Å². The van der Waals surface area contributed by atoms with Gasteiger partial charge in [-0.2, -0.15) is 0 Å². The van der Waals surface area contributed by atoms with Crippen LogP contribution >= 0.6 is 0 Å². The fourth-order valence-electron chi connectivity index (χ4n) is 4.31. The van der Waals surface area contributed by atoms with E-state index in [9.17, 15) is 4.79 Å². The van der Waals surface area contributed by atoms with Gasteiger partial charge in [0, 0.05) is 18.2 Å². The summed E-state index contributed by atoms with van der Waals surface area (Å²) in [4.78, 5) is 13.3. The molecule has 172 valence electrons. The van der Waals surface area contributed by atoms with Gasteiger partial charge in [-0.3, -0.25) is 9.69 Å². The molecule has 1 aliphatic heterocycles. The largest absolute Gasteiger partial charge is 0.493 e. The highest BCUT2D eigenvalue weighted by atomic mass is 16.5. The zero-order valence-electron chi connectivity index (χ0n) is 19.5. The first-order valence-corrected chi connectivity index (χ1v) is 10.9. The lowest BCUT2D eigenvalue weighted by atomic mass is 9.88. The molecule has 1 atom stereocenters. The number of aldehydes is 1. The molecule has 0 bridgehead atoms. The second-order valence-electron chi connectivity index (χ2n) is 8.13. The number of ether oxygens (including phenoxy) is 4. The lowest BCUT2D eigenvalue weighted by Gasteiger charge is -2.35. The number of rotatable bonds is 8. The first kappa shape index (κ1) is 22.7. The molecule has 0 aromatic heterocycles. The number of likely N-dealkylation sites (N-methyl/N-ethyl adjacent to an activating group) is 1. The van der Waals surface area contributed by atoms with Gasteiger partial charge in [-0.05, 0) is 85.1 Å².